The molecule has 0 aliphatic rings. The van der Waals surface area contributed by atoms with Crippen molar-refractivity contribution < 1.29 is 19.7 Å². The number of Topliss-reactive ketones (excluding diaryl/α,β-unsaturated/α-hetero) is 1. The molecule has 23 heavy (non-hydrogen) atoms. The van der Waals surface area contributed by atoms with Gasteiger partial charge < -0.3 is 14.9 Å². The molecule has 0 radical (unpaired) electrons. The molecule has 0 spiro atoms. The van der Waals surface area contributed by atoms with E-state index in [4.69, 9.17) is 9.84 Å². The molecule has 0 bridgehead atoms. The summed E-state index contributed by atoms with van der Waals surface area (Å²) in [5, 5.41) is 18.8. The number of carbonyl (C=O) groups is 1. The average molecular weight is 314 g/mol. The SMILES string of the molecule is C[C@@H](O)[C@](C)(OCc1ccc(-c2ccccc2)cc1)C(=O)CO. The van der Waals surface area contributed by atoms with Crippen molar-refractivity contribution in [3.8, 4) is 11.1 Å². The van der Waals surface area contributed by atoms with Crippen LogP contribution in [0.25, 0.3) is 11.1 Å². The molecule has 122 valence electrons. The predicted octanol–water partition coefficient (Wildman–Crippen LogP) is 2.57. The van der Waals surface area contributed by atoms with Crippen LogP contribution in [0.3, 0.4) is 0 Å². The number of carbonyl (C=O) groups excluding carboxylic acids is 1. The minimum absolute atomic E-state index is 0.183. The van der Waals surface area contributed by atoms with Crippen LogP contribution < -0.4 is 0 Å². The molecule has 4 nitrogen and oxygen atoms in total. The van der Waals surface area contributed by atoms with Crippen molar-refractivity contribution >= 4 is 5.78 Å². The van der Waals surface area contributed by atoms with Gasteiger partial charge >= 0.3 is 0 Å². The maximum absolute atomic E-state index is 11.8. The van der Waals surface area contributed by atoms with Crippen molar-refractivity contribution in [2.24, 2.45) is 0 Å². The zero-order valence-corrected chi connectivity index (χ0v) is 13.4. The van der Waals surface area contributed by atoms with Crippen LogP contribution in [0.4, 0.5) is 0 Å². The minimum Gasteiger partial charge on any atom is -0.390 e. The summed E-state index contributed by atoms with van der Waals surface area (Å²) in [4.78, 5) is 11.8. The highest BCUT2D eigenvalue weighted by Crippen LogP contribution is 2.22. The lowest BCUT2D eigenvalue weighted by molar-refractivity contribution is -0.162. The third kappa shape index (κ3) is 4.05. The van der Waals surface area contributed by atoms with E-state index in [-0.39, 0.29) is 6.61 Å². The highest BCUT2D eigenvalue weighted by atomic mass is 16.5. The van der Waals surface area contributed by atoms with Gasteiger partial charge in [-0.1, -0.05) is 54.6 Å². The molecule has 2 aromatic rings. The number of benzene rings is 2. The predicted molar refractivity (Wildman–Crippen MR) is 88.8 cm³/mol. The Kier molecular flexibility index (Phi) is 5.66. The van der Waals surface area contributed by atoms with E-state index in [0.717, 1.165) is 16.7 Å². The molecule has 2 N–H and O–H groups in total. The molecule has 0 aliphatic heterocycles. The number of ketones is 1. The van der Waals surface area contributed by atoms with Crippen LogP contribution in [0.2, 0.25) is 0 Å². The quantitative estimate of drug-likeness (QED) is 0.824. The molecule has 2 aromatic carbocycles. The van der Waals surface area contributed by atoms with Crippen molar-refractivity contribution in [1.82, 2.24) is 0 Å². The summed E-state index contributed by atoms with van der Waals surface area (Å²) in [5.74, 6) is -0.534. The van der Waals surface area contributed by atoms with Gasteiger partial charge in [-0.2, -0.15) is 0 Å². The maximum Gasteiger partial charge on any atom is 0.192 e. The summed E-state index contributed by atoms with van der Waals surface area (Å²) in [6.45, 7) is 2.50. The largest absolute Gasteiger partial charge is 0.390 e. The first-order chi connectivity index (χ1) is 11.0. The molecule has 0 fully saturated rings. The van der Waals surface area contributed by atoms with Crippen molar-refractivity contribution in [2.45, 2.75) is 32.2 Å². The van der Waals surface area contributed by atoms with Crippen molar-refractivity contribution in [1.29, 1.82) is 0 Å². The van der Waals surface area contributed by atoms with E-state index in [1.54, 1.807) is 0 Å². The third-order valence-electron chi connectivity index (χ3n) is 4.09. The zero-order chi connectivity index (χ0) is 16.9. The van der Waals surface area contributed by atoms with E-state index in [2.05, 4.69) is 0 Å². The summed E-state index contributed by atoms with van der Waals surface area (Å²) in [7, 11) is 0. The van der Waals surface area contributed by atoms with Crippen molar-refractivity contribution in [3.05, 3.63) is 60.2 Å². The molecule has 0 amide bonds. The molecule has 0 aliphatic carbocycles. The fourth-order valence-corrected chi connectivity index (χ4v) is 2.25. The molecular formula is C19H22O4. The first-order valence-electron chi connectivity index (χ1n) is 7.58. The van der Waals surface area contributed by atoms with Crippen LogP contribution in [0.1, 0.15) is 19.4 Å². The summed E-state index contributed by atoms with van der Waals surface area (Å²) in [5.41, 5.74) is 1.71. The third-order valence-corrected chi connectivity index (χ3v) is 4.09. The van der Waals surface area contributed by atoms with Crippen LogP contribution in [0.5, 0.6) is 0 Å². The van der Waals surface area contributed by atoms with Gasteiger partial charge in [0.25, 0.3) is 0 Å². The molecule has 0 saturated carbocycles. The Hall–Kier alpha value is -2.01. The van der Waals surface area contributed by atoms with Crippen molar-refractivity contribution in [3.63, 3.8) is 0 Å². The van der Waals surface area contributed by atoms with Gasteiger partial charge in [0.15, 0.2) is 11.4 Å². The average Bonchev–Trinajstić information content (AvgIpc) is 2.60. The minimum atomic E-state index is -1.41. The summed E-state index contributed by atoms with van der Waals surface area (Å²) in [6, 6.07) is 17.8. The molecule has 4 heteroatoms. The van der Waals surface area contributed by atoms with Gasteiger partial charge in [0.2, 0.25) is 0 Å². The number of ether oxygens (including phenoxy) is 1. The van der Waals surface area contributed by atoms with Crippen LogP contribution >= 0.6 is 0 Å². The Labute approximate surface area is 136 Å². The second-order valence-electron chi connectivity index (χ2n) is 5.72. The Morgan fingerprint density at radius 1 is 1.09 bits per heavy atom. The van der Waals surface area contributed by atoms with Crippen LogP contribution in [-0.2, 0) is 16.1 Å². The first-order valence-corrected chi connectivity index (χ1v) is 7.58. The van der Waals surface area contributed by atoms with Crippen LogP contribution in [0, 0.1) is 0 Å². The second kappa shape index (κ2) is 7.51. The summed E-state index contributed by atoms with van der Waals surface area (Å²) < 4.78 is 5.62. The normalized spacial score (nSPS) is 15.0. The van der Waals surface area contributed by atoms with Gasteiger partial charge in [0, 0.05) is 0 Å². The maximum atomic E-state index is 11.8. The Morgan fingerprint density at radius 3 is 2.17 bits per heavy atom. The monoisotopic (exact) mass is 314 g/mol. The molecule has 2 rings (SSSR count). The number of aliphatic hydroxyl groups is 2. The van der Waals surface area contributed by atoms with E-state index in [1.165, 1.54) is 13.8 Å². The summed E-state index contributed by atoms with van der Waals surface area (Å²) in [6.07, 6.45) is -1.01. The zero-order valence-electron chi connectivity index (χ0n) is 13.4. The van der Waals surface area contributed by atoms with E-state index < -0.39 is 24.1 Å². The Morgan fingerprint density at radius 2 is 1.65 bits per heavy atom. The van der Waals surface area contributed by atoms with Gasteiger partial charge in [-0.25, -0.2) is 0 Å². The van der Waals surface area contributed by atoms with Crippen molar-refractivity contribution in [2.75, 3.05) is 6.61 Å². The molecule has 0 heterocycles. The fourth-order valence-electron chi connectivity index (χ4n) is 2.25. The van der Waals surface area contributed by atoms with E-state index in [1.807, 2.05) is 54.6 Å². The molecule has 0 aromatic heterocycles. The lowest BCUT2D eigenvalue weighted by Gasteiger charge is -2.30. The van der Waals surface area contributed by atoms with Gasteiger partial charge in [-0.15, -0.1) is 0 Å². The molecule has 2 atom stereocenters. The van der Waals surface area contributed by atoms with E-state index in [9.17, 15) is 9.90 Å². The van der Waals surface area contributed by atoms with Gasteiger partial charge in [0.1, 0.15) is 6.61 Å². The van der Waals surface area contributed by atoms with Crippen LogP contribution in [-0.4, -0.2) is 34.3 Å². The lowest BCUT2D eigenvalue weighted by Crippen LogP contribution is -2.49. The number of aliphatic hydroxyl groups excluding tert-OH is 2. The highest BCUT2D eigenvalue weighted by molar-refractivity contribution is 5.88. The van der Waals surface area contributed by atoms with Gasteiger partial charge in [-0.3, -0.25) is 4.79 Å². The summed E-state index contributed by atoms with van der Waals surface area (Å²) >= 11 is 0. The number of hydrogen-bond donors (Lipinski definition) is 2. The van der Waals surface area contributed by atoms with E-state index >= 15 is 0 Å². The lowest BCUT2D eigenvalue weighted by atomic mass is 9.95. The first kappa shape index (κ1) is 17.3. The number of rotatable bonds is 7. The van der Waals surface area contributed by atoms with Gasteiger partial charge in [0.05, 0.1) is 12.7 Å². The standard InChI is InChI=1S/C19H22O4/c1-14(21)19(2,18(22)12-20)23-13-15-8-10-17(11-9-15)16-6-4-3-5-7-16/h3-11,14,20-21H,12-13H2,1-2H3/t14-,19+/m1/s1. The fraction of sp³-hybridized carbons (Fsp3) is 0.316. The number of hydrogen-bond acceptors (Lipinski definition) is 4. The molecule has 0 saturated heterocycles. The molecule has 0 unspecified atom stereocenters. The second-order valence-corrected chi connectivity index (χ2v) is 5.72. The smallest absolute Gasteiger partial charge is 0.192 e. The van der Waals surface area contributed by atoms with E-state index in [0.29, 0.717) is 0 Å². The Balaban J connectivity index is 2.08. The van der Waals surface area contributed by atoms with Crippen LogP contribution in [0.15, 0.2) is 54.6 Å². The topological polar surface area (TPSA) is 66.8 Å². The molecular weight excluding hydrogens is 292 g/mol. The van der Waals surface area contributed by atoms with Gasteiger partial charge in [-0.05, 0) is 30.5 Å². The Bertz CT molecular complexity index is 634. The highest BCUT2D eigenvalue weighted by Gasteiger charge is 2.38.